The molecule has 1 heterocycles. The minimum atomic E-state index is -0.106. The Kier molecular flexibility index (Phi) is 5.07. The first-order valence-electron chi connectivity index (χ1n) is 7.67. The summed E-state index contributed by atoms with van der Waals surface area (Å²) in [5.74, 6) is -0.106. The summed E-state index contributed by atoms with van der Waals surface area (Å²) in [6.45, 7) is 4.15. The Morgan fingerprint density at radius 3 is 2.73 bits per heavy atom. The molecule has 1 aromatic carbocycles. The average Bonchev–Trinajstić information content (AvgIpc) is 2.49. The molecule has 0 radical (unpaired) electrons. The second-order valence-electron chi connectivity index (χ2n) is 5.98. The van der Waals surface area contributed by atoms with Crippen LogP contribution in [0.1, 0.15) is 29.6 Å². The molecule has 2 aliphatic rings. The highest BCUT2D eigenvalue weighted by Gasteiger charge is 2.43. The number of halogens is 2. The summed E-state index contributed by atoms with van der Waals surface area (Å²) >= 11 is 9.51. The number of carbonyl (C=O) groups is 1. The van der Waals surface area contributed by atoms with Gasteiger partial charge >= 0.3 is 0 Å². The monoisotopic (exact) mass is 386 g/mol. The number of benzene rings is 1. The molecule has 1 aliphatic carbocycles. The third-order valence-electron chi connectivity index (χ3n) is 4.72. The van der Waals surface area contributed by atoms with Crippen LogP contribution < -0.4 is 5.32 Å². The number of ether oxygens (including phenoxy) is 1. The van der Waals surface area contributed by atoms with Gasteiger partial charge in [-0.3, -0.25) is 9.69 Å². The Hall–Kier alpha value is -0.620. The molecule has 6 heteroatoms. The second kappa shape index (κ2) is 6.87. The van der Waals surface area contributed by atoms with Crippen LogP contribution in [0.3, 0.4) is 0 Å². The Morgan fingerprint density at radius 1 is 1.36 bits per heavy atom. The third-order valence-corrected chi connectivity index (χ3v) is 5.54. The van der Waals surface area contributed by atoms with E-state index in [4.69, 9.17) is 16.3 Å². The summed E-state index contributed by atoms with van der Waals surface area (Å²) in [4.78, 5) is 14.9. The van der Waals surface area contributed by atoms with Gasteiger partial charge in [-0.05, 0) is 37.5 Å². The van der Waals surface area contributed by atoms with Crippen LogP contribution >= 0.6 is 27.5 Å². The van der Waals surface area contributed by atoms with E-state index < -0.39 is 0 Å². The summed E-state index contributed by atoms with van der Waals surface area (Å²) in [5.41, 5.74) is 0.630. The van der Waals surface area contributed by atoms with E-state index >= 15 is 0 Å². The van der Waals surface area contributed by atoms with Gasteiger partial charge in [0.05, 0.1) is 23.8 Å². The van der Waals surface area contributed by atoms with Gasteiger partial charge in [-0.1, -0.05) is 27.5 Å². The summed E-state index contributed by atoms with van der Waals surface area (Å²) in [6.07, 6.45) is 3.50. The summed E-state index contributed by atoms with van der Waals surface area (Å²) in [5, 5.41) is 3.56. The van der Waals surface area contributed by atoms with E-state index in [2.05, 4.69) is 26.1 Å². The lowest BCUT2D eigenvalue weighted by atomic mass is 9.75. The number of nitrogens with one attached hydrogen (secondary N) is 1. The number of hydrogen-bond acceptors (Lipinski definition) is 3. The summed E-state index contributed by atoms with van der Waals surface area (Å²) in [6, 6.07) is 5.34. The maximum absolute atomic E-state index is 12.4. The number of rotatable bonds is 4. The van der Waals surface area contributed by atoms with Crippen LogP contribution in [-0.2, 0) is 4.74 Å². The zero-order chi connectivity index (χ0) is 15.6. The fourth-order valence-electron chi connectivity index (χ4n) is 3.24. The number of carbonyl (C=O) groups excluding carboxylic acids is 1. The molecule has 0 spiro atoms. The van der Waals surface area contributed by atoms with E-state index in [-0.39, 0.29) is 11.4 Å². The molecule has 1 saturated carbocycles. The van der Waals surface area contributed by atoms with Gasteiger partial charge in [0.2, 0.25) is 0 Å². The lowest BCUT2D eigenvalue weighted by Gasteiger charge is -2.51. The predicted molar refractivity (Wildman–Crippen MR) is 90.5 cm³/mol. The SMILES string of the molecule is O=C(NCC1(N2CCOCC2)CCC1)c1cc(Br)ccc1Cl. The molecule has 2 fully saturated rings. The normalized spacial score (nSPS) is 21.2. The van der Waals surface area contributed by atoms with E-state index in [1.165, 1.54) is 6.42 Å². The Morgan fingerprint density at radius 2 is 2.09 bits per heavy atom. The average molecular weight is 388 g/mol. The largest absolute Gasteiger partial charge is 0.379 e. The van der Waals surface area contributed by atoms with Crippen LogP contribution in [0.2, 0.25) is 5.02 Å². The smallest absolute Gasteiger partial charge is 0.252 e. The van der Waals surface area contributed by atoms with Crippen molar-refractivity contribution in [3.63, 3.8) is 0 Å². The highest BCUT2D eigenvalue weighted by molar-refractivity contribution is 9.10. The molecule has 1 aliphatic heterocycles. The molecular weight excluding hydrogens is 368 g/mol. The van der Waals surface area contributed by atoms with Crippen molar-refractivity contribution in [2.24, 2.45) is 0 Å². The van der Waals surface area contributed by atoms with Crippen molar-refractivity contribution in [1.82, 2.24) is 10.2 Å². The molecule has 0 atom stereocenters. The fourth-order valence-corrected chi connectivity index (χ4v) is 3.80. The molecule has 1 aromatic rings. The number of nitrogens with zero attached hydrogens (tertiary/aromatic N) is 1. The minimum absolute atomic E-state index is 0.106. The second-order valence-corrected chi connectivity index (χ2v) is 7.31. The Balaban J connectivity index is 1.65. The maximum atomic E-state index is 12.4. The number of morpholine rings is 1. The van der Waals surface area contributed by atoms with Gasteiger partial charge in [0.25, 0.3) is 5.91 Å². The predicted octanol–water partition coefficient (Wildman–Crippen LogP) is 3.09. The van der Waals surface area contributed by atoms with E-state index in [1.54, 1.807) is 12.1 Å². The molecule has 1 saturated heterocycles. The van der Waals surface area contributed by atoms with Gasteiger partial charge in [0, 0.05) is 29.6 Å². The molecule has 0 unspecified atom stereocenters. The van der Waals surface area contributed by atoms with Gasteiger partial charge in [-0.15, -0.1) is 0 Å². The molecule has 22 heavy (non-hydrogen) atoms. The van der Waals surface area contributed by atoms with Gasteiger partial charge in [-0.25, -0.2) is 0 Å². The minimum Gasteiger partial charge on any atom is -0.379 e. The molecule has 1 N–H and O–H groups in total. The van der Waals surface area contributed by atoms with Crippen molar-refractivity contribution in [3.8, 4) is 0 Å². The zero-order valence-electron chi connectivity index (χ0n) is 12.4. The maximum Gasteiger partial charge on any atom is 0.252 e. The van der Waals surface area contributed by atoms with Gasteiger partial charge < -0.3 is 10.1 Å². The Labute approximate surface area is 144 Å². The molecule has 4 nitrogen and oxygen atoms in total. The van der Waals surface area contributed by atoms with Gasteiger partial charge in [0.15, 0.2) is 0 Å². The fraction of sp³-hybridized carbons (Fsp3) is 0.562. The van der Waals surface area contributed by atoms with Crippen molar-refractivity contribution >= 4 is 33.4 Å². The topological polar surface area (TPSA) is 41.6 Å². The van der Waals surface area contributed by atoms with E-state index in [1.807, 2.05) is 6.07 Å². The highest BCUT2D eigenvalue weighted by atomic mass is 79.9. The first kappa shape index (κ1) is 16.2. The first-order valence-corrected chi connectivity index (χ1v) is 8.84. The van der Waals surface area contributed by atoms with Crippen LogP contribution in [0, 0.1) is 0 Å². The molecular formula is C16H20BrClN2O2. The molecule has 3 rings (SSSR count). The van der Waals surface area contributed by atoms with E-state index in [0.29, 0.717) is 17.1 Å². The number of hydrogen-bond donors (Lipinski definition) is 1. The van der Waals surface area contributed by atoms with Gasteiger partial charge in [0.1, 0.15) is 0 Å². The number of amides is 1. The van der Waals surface area contributed by atoms with Crippen molar-refractivity contribution in [1.29, 1.82) is 0 Å². The summed E-state index contributed by atoms with van der Waals surface area (Å²) < 4.78 is 6.29. The van der Waals surface area contributed by atoms with Crippen LogP contribution in [0.4, 0.5) is 0 Å². The van der Waals surface area contributed by atoms with Crippen molar-refractivity contribution < 1.29 is 9.53 Å². The standard InChI is InChI=1S/C16H20BrClN2O2/c17-12-2-3-14(18)13(10-12)15(21)19-11-16(4-1-5-16)20-6-8-22-9-7-20/h2-3,10H,1,4-9,11H2,(H,19,21). The molecule has 0 aromatic heterocycles. The van der Waals surface area contributed by atoms with E-state index in [0.717, 1.165) is 43.6 Å². The van der Waals surface area contributed by atoms with Crippen LogP contribution in [0.15, 0.2) is 22.7 Å². The highest BCUT2D eigenvalue weighted by Crippen LogP contribution is 2.37. The van der Waals surface area contributed by atoms with Crippen molar-refractivity contribution in [3.05, 3.63) is 33.3 Å². The lowest BCUT2D eigenvalue weighted by molar-refractivity contribution is -0.0540. The van der Waals surface area contributed by atoms with Crippen LogP contribution in [-0.4, -0.2) is 49.2 Å². The third kappa shape index (κ3) is 3.32. The van der Waals surface area contributed by atoms with Gasteiger partial charge in [-0.2, -0.15) is 0 Å². The van der Waals surface area contributed by atoms with Crippen LogP contribution in [0.5, 0.6) is 0 Å². The molecule has 120 valence electrons. The lowest BCUT2D eigenvalue weighted by Crippen LogP contribution is -2.62. The van der Waals surface area contributed by atoms with Crippen LogP contribution in [0.25, 0.3) is 0 Å². The quantitative estimate of drug-likeness (QED) is 0.863. The van der Waals surface area contributed by atoms with Crippen molar-refractivity contribution in [2.45, 2.75) is 24.8 Å². The zero-order valence-corrected chi connectivity index (χ0v) is 14.8. The molecule has 0 bridgehead atoms. The van der Waals surface area contributed by atoms with Crippen molar-refractivity contribution in [2.75, 3.05) is 32.8 Å². The summed E-state index contributed by atoms with van der Waals surface area (Å²) in [7, 11) is 0. The molecule has 1 amide bonds. The first-order chi connectivity index (χ1) is 10.6. The Bertz CT molecular complexity index is 557. The van der Waals surface area contributed by atoms with E-state index in [9.17, 15) is 4.79 Å².